The summed E-state index contributed by atoms with van der Waals surface area (Å²) in [6.07, 6.45) is 0.570. The van der Waals surface area contributed by atoms with Gasteiger partial charge < -0.3 is 15.2 Å². The number of aryl methyl sites for hydroxylation is 1. The summed E-state index contributed by atoms with van der Waals surface area (Å²) in [5, 5.41) is 0. The highest BCUT2D eigenvalue weighted by Crippen LogP contribution is 2.35. The molecule has 1 aromatic rings. The minimum absolute atomic E-state index is 0.292. The fourth-order valence-corrected chi connectivity index (χ4v) is 2.55. The predicted octanol–water partition coefficient (Wildman–Crippen LogP) is 0.925. The number of nitrogens with two attached hydrogens (primary N) is 1. The molecule has 0 spiro atoms. The van der Waals surface area contributed by atoms with Crippen LogP contribution in [0, 0.1) is 6.92 Å². The molecule has 1 amide bonds. The number of rotatable bonds is 3. The van der Waals surface area contributed by atoms with E-state index in [9.17, 15) is 9.59 Å². The minimum Gasteiger partial charge on any atom is -0.465 e. The molecule has 1 aliphatic rings. The second kappa shape index (κ2) is 5.01. The van der Waals surface area contributed by atoms with Gasteiger partial charge in [0, 0.05) is 6.61 Å². The highest BCUT2D eigenvalue weighted by molar-refractivity contribution is 5.91. The first-order valence-corrected chi connectivity index (χ1v) is 6.08. The lowest BCUT2D eigenvalue weighted by Crippen LogP contribution is -2.42. The number of ether oxygens (including phenoxy) is 2. The van der Waals surface area contributed by atoms with Crippen molar-refractivity contribution >= 4 is 11.9 Å². The van der Waals surface area contributed by atoms with Gasteiger partial charge in [-0.1, -0.05) is 6.07 Å². The molecule has 1 aromatic carbocycles. The molecule has 102 valence electrons. The van der Waals surface area contributed by atoms with Gasteiger partial charge in [0.15, 0.2) is 0 Å². The second-order valence-electron chi connectivity index (χ2n) is 4.77. The van der Waals surface area contributed by atoms with Crippen molar-refractivity contribution in [3.8, 4) is 0 Å². The maximum Gasteiger partial charge on any atom is 0.337 e. The number of hydrogen-bond acceptors (Lipinski definition) is 4. The Morgan fingerprint density at radius 3 is 2.63 bits per heavy atom. The summed E-state index contributed by atoms with van der Waals surface area (Å²) in [4.78, 5) is 23.3. The van der Waals surface area contributed by atoms with Crippen LogP contribution in [0.5, 0.6) is 0 Å². The van der Waals surface area contributed by atoms with Gasteiger partial charge in [-0.3, -0.25) is 4.79 Å². The third-order valence-electron chi connectivity index (χ3n) is 3.66. The number of methoxy groups -OCH3 is 1. The van der Waals surface area contributed by atoms with Gasteiger partial charge in [-0.2, -0.15) is 0 Å². The van der Waals surface area contributed by atoms with Crippen molar-refractivity contribution in [2.45, 2.75) is 18.8 Å². The normalized spacial score (nSPS) is 22.2. The van der Waals surface area contributed by atoms with E-state index in [1.54, 1.807) is 18.2 Å². The number of carbonyl (C=O) groups excluding carboxylic acids is 2. The van der Waals surface area contributed by atoms with Gasteiger partial charge in [-0.15, -0.1) is 0 Å². The SMILES string of the molecule is COC(=O)c1ccc(C2(C(N)=O)CCOC2)c(C)c1. The summed E-state index contributed by atoms with van der Waals surface area (Å²) in [7, 11) is 1.33. The van der Waals surface area contributed by atoms with Gasteiger partial charge in [0.2, 0.25) is 5.91 Å². The maximum absolute atomic E-state index is 11.8. The molecule has 0 bridgehead atoms. The van der Waals surface area contributed by atoms with E-state index in [1.165, 1.54) is 7.11 Å². The molecule has 19 heavy (non-hydrogen) atoms. The number of carbonyl (C=O) groups is 2. The Bertz CT molecular complexity index is 518. The van der Waals surface area contributed by atoms with E-state index in [0.717, 1.165) is 11.1 Å². The summed E-state index contributed by atoms with van der Waals surface area (Å²) in [6, 6.07) is 5.13. The summed E-state index contributed by atoms with van der Waals surface area (Å²) in [6.45, 7) is 2.66. The molecule has 1 unspecified atom stereocenters. The standard InChI is InChI=1S/C14H17NO4/c1-9-7-10(12(16)18-2)3-4-11(9)14(13(15)17)5-6-19-8-14/h3-4,7H,5-6,8H2,1-2H3,(H2,15,17). The third kappa shape index (κ3) is 2.21. The van der Waals surface area contributed by atoms with Crippen LogP contribution in [0.25, 0.3) is 0 Å². The molecule has 1 saturated heterocycles. The van der Waals surface area contributed by atoms with Crippen LogP contribution in [0.15, 0.2) is 18.2 Å². The Hall–Kier alpha value is -1.88. The Kier molecular flexibility index (Phi) is 3.57. The molecular formula is C14H17NO4. The van der Waals surface area contributed by atoms with E-state index in [0.29, 0.717) is 25.2 Å². The monoisotopic (exact) mass is 263 g/mol. The molecule has 2 rings (SSSR count). The number of hydrogen-bond donors (Lipinski definition) is 1. The zero-order valence-corrected chi connectivity index (χ0v) is 11.1. The van der Waals surface area contributed by atoms with Crippen molar-refractivity contribution in [3.05, 3.63) is 34.9 Å². The van der Waals surface area contributed by atoms with Crippen molar-refractivity contribution in [3.63, 3.8) is 0 Å². The lowest BCUT2D eigenvalue weighted by atomic mass is 9.77. The van der Waals surface area contributed by atoms with Gasteiger partial charge in [-0.05, 0) is 36.6 Å². The first kappa shape index (κ1) is 13.5. The van der Waals surface area contributed by atoms with Crippen LogP contribution in [0.3, 0.4) is 0 Å². The fourth-order valence-electron chi connectivity index (χ4n) is 2.55. The quantitative estimate of drug-likeness (QED) is 0.823. The lowest BCUT2D eigenvalue weighted by molar-refractivity contribution is -0.123. The van der Waals surface area contributed by atoms with Crippen LogP contribution in [0.4, 0.5) is 0 Å². The average molecular weight is 263 g/mol. The minimum atomic E-state index is -0.779. The summed E-state index contributed by atoms with van der Waals surface area (Å²) in [5.74, 6) is -0.788. The Morgan fingerprint density at radius 2 is 2.16 bits per heavy atom. The molecule has 0 radical (unpaired) electrons. The van der Waals surface area contributed by atoms with E-state index in [-0.39, 0.29) is 5.91 Å². The molecule has 1 fully saturated rings. The Labute approximate surface area is 111 Å². The first-order valence-electron chi connectivity index (χ1n) is 6.08. The number of esters is 1. The van der Waals surface area contributed by atoms with Crippen molar-refractivity contribution in [1.82, 2.24) is 0 Å². The van der Waals surface area contributed by atoms with E-state index in [2.05, 4.69) is 4.74 Å². The molecule has 0 aromatic heterocycles. The maximum atomic E-state index is 11.8. The molecule has 2 N–H and O–H groups in total. The van der Waals surface area contributed by atoms with Gasteiger partial charge >= 0.3 is 5.97 Å². The van der Waals surface area contributed by atoms with Crippen LogP contribution in [-0.4, -0.2) is 32.2 Å². The highest BCUT2D eigenvalue weighted by Gasteiger charge is 2.43. The highest BCUT2D eigenvalue weighted by atomic mass is 16.5. The molecule has 5 heteroatoms. The molecule has 5 nitrogen and oxygen atoms in total. The van der Waals surface area contributed by atoms with Gasteiger partial charge in [0.25, 0.3) is 0 Å². The number of primary amides is 1. The van der Waals surface area contributed by atoms with E-state index in [4.69, 9.17) is 10.5 Å². The molecule has 0 saturated carbocycles. The Morgan fingerprint density at radius 1 is 1.42 bits per heavy atom. The molecular weight excluding hydrogens is 246 g/mol. The topological polar surface area (TPSA) is 78.6 Å². The van der Waals surface area contributed by atoms with Crippen LogP contribution in [0.1, 0.15) is 27.9 Å². The van der Waals surface area contributed by atoms with Gasteiger partial charge in [0.1, 0.15) is 0 Å². The largest absolute Gasteiger partial charge is 0.465 e. The molecule has 0 aliphatic carbocycles. The second-order valence-corrected chi connectivity index (χ2v) is 4.77. The van der Waals surface area contributed by atoms with E-state index in [1.807, 2.05) is 6.92 Å². The van der Waals surface area contributed by atoms with Crippen molar-refractivity contribution in [2.24, 2.45) is 5.73 Å². The van der Waals surface area contributed by atoms with Crippen LogP contribution >= 0.6 is 0 Å². The lowest BCUT2D eigenvalue weighted by Gasteiger charge is -2.26. The van der Waals surface area contributed by atoms with E-state index >= 15 is 0 Å². The molecule has 1 heterocycles. The van der Waals surface area contributed by atoms with Crippen molar-refractivity contribution in [1.29, 1.82) is 0 Å². The smallest absolute Gasteiger partial charge is 0.337 e. The van der Waals surface area contributed by atoms with Crippen LogP contribution < -0.4 is 5.73 Å². The van der Waals surface area contributed by atoms with Crippen molar-refractivity contribution < 1.29 is 19.1 Å². The molecule has 1 aliphatic heterocycles. The number of benzene rings is 1. The average Bonchev–Trinajstić information content (AvgIpc) is 2.88. The van der Waals surface area contributed by atoms with Gasteiger partial charge in [0.05, 0.1) is 24.7 Å². The Balaban J connectivity index is 2.45. The summed E-state index contributed by atoms with van der Waals surface area (Å²) >= 11 is 0. The first-order chi connectivity index (χ1) is 9.01. The molecule has 1 atom stereocenters. The van der Waals surface area contributed by atoms with Crippen LogP contribution in [-0.2, 0) is 19.7 Å². The van der Waals surface area contributed by atoms with Gasteiger partial charge in [-0.25, -0.2) is 4.79 Å². The number of amides is 1. The fraction of sp³-hybridized carbons (Fsp3) is 0.429. The summed E-state index contributed by atoms with van der Waals surface area (Å²) in [5.41, 5.74) is 6.89. The third-order valence-corrected chi connectivity index (χ3v) is 3.66. The van der Waals surface area contributed by atoms with Crippen molar-refractivity contribution in [2.75, 3.05) is 20.3 Å². The van der Waals surface area contributed by atoms with E-state index < -0.39 is 11.4 Å². The predicted molar refractivity (Wildman–Crippen MR) is 68.8 cm³/mol. The summed E-state index contributed by atoms with van der Waals surface area (Å²) < 4.78 is 10.0. The zero-order valence-electron chi connectivity index (χ0n) is 11.1. The zero-order chi connectivity index (χ0) is 14.0. The van der Waals surface area contributed by atoms with Crippen LogP contribution in [0.2, 0.25) is 0 Å².